The summed E-state index contributed by atoms with van der Waals surface area (Å²) >= 11 is 0. The van der Waals surface area contributed by atoms with Crippen molar-refractivity contribution in [1.82, 2.24) is 15.1 Å². The van der Waals surface area contributed by atoms with Crippen LogP contribution >= 0.6 is 0 Å². The van der Waals surface area contributed by atoms with Gasteiger partial charge in [-0.15, -0.1) is 0 Å². The Kier molecular flexibility index (Phi) is 6.21. The molecule has 1 N–H and O–H groups in total. The van der Waals surface area contributed by atoms with E-state index in [2.05, 4.69) is 16.9 Å². The van der Waals surface area contributed by atoms with Gasteiger partial charge in [0.25, 0.3) is 5.91 Å². The molecule has 1 aromatic rings. The Morgan fingerprint density at radius 3 is 2.34 bits per heavy atom. The van der Waals surface area contributed by atoms with Crippen molar-refractivity contribution >= 4 is 11.9 Å². The second kappa shape index (κ2) is 9.23. The number of aromatic nitrogens is 2. The highest BCUT2D eigenvalue weighted by Crippen LogP contribution is 2.61. The van der Waals surface area contributed by atoms with Crippen molar-refractivity contribution in [3.63, 3.8) is 0 Å². The largest absolute Gasteiger partial charge is 0.466 e. The van der Waals surface area contributed by atoms with Gasteiger partial charge in [0.15, 0.2) is 0 Å². The molecule has 5 fully saturated rings. The molecule has 4 bridgehead atoms. The Bertz CT molecular complexity index is 941. The van der Waals surface area contributed by atoms with Crippen LogP contribution in [-0.4, -0.2) is 34.3 Å². The van der Waals surface area contributed by atoms with Crippen LogP contribution < -0.4 is 5.32 Å². The molecule has 6 aliphatic carbocycles. The van der Waals surface area contributed by atoms with E-state index in [0.717, 1.165) is 60.4 Å². The van der Waals surface area contributed by atoms with Gasteiger partial charge in [-0.2, -0.15) is 5.10 Å². The lowest BCUT2D eigenvalue weighted by Gasteiger charge is -2.59. The fraction of sp³-hybridized carbons (Fsp3) is 0.828. The van der Waals surface area contributed by atoms with Gasteiger partial charge >= 0.3 is 5.97 Å². The number of fused-ring (bicyclic) bond motifs is 1. The summed E-state index contributed by atoms with van der Waals surface area (Å²) in [6.07, 6.45) is 16.0. The Morgan fingerprint density at radius 1 is 1.06 bits per heavy atom. The number of nitrogens with one attached hydrogen (secondary N) is 1. The monoisotopic (exact) mass is 481 g/mol. The SMILES string of the molecule is CCOC(=O)C1CCc2nn(C3CCCCC3)c(C(=O)NC(C)C34CC5CC(CC(C5)C3)C4)c2C1. The molecule has 0 spiro atoms. The van der Waals surface area contributed by atoms with Crippen molar-refractivity contribution in [2.75, 3.05) is 6.61 Å². The molecule has 35 heavy (non-hydrogen) atoms. The molecular formula is C29H43N3O3. The van der Waals surface area contributed by atoms with Gasteiger partial charge in [0.2, 0.25) is 0 Å². The van der Waals surface area contributed by atoms with E-state index in [0.29, 0.717) is 19.1 Å². The average molecular weight is 482 g/mol. The molecule has 2 unspecified atom stereocenters. The number of esters is 1. The van der Waals surface area contributed by atoms with Gasteiger partial charge in [-0.05, 0) is 108 Å². The van der Waals surface area contributed by atoms with Gasteiger partial charge in [-0.1, -0.05) is 19.3 Å². The van der Waals surface area contributed by atoms with Gasteiger partial charge in [0.05, 0.1) is 24.3 Å². The minimum Gasteiger partial charge on any atom is -0.466 e. The van der Waals surface area contributed by atoms with E-state index >= 15 is 0 Å². The Hall–Kier alpha value is -1.85. The van der Waals surface area contributed by atoms with Crippen molar-refractivity contribution in [3.05, 3.63) is 17.0 Å². The van der Waals surface area contributed by atoms with E-state index in [1.165, 1.54) is 57.8 Å². The zero-order valence-corrected chi connectivity index (χ0v) is 21.7. The van der Waals surface area contributed by atoms with Crippen LogP contribution in [0.3, 0.4) is 0 Å². The summed E-state index contributed by atoms with van der Waals surface area (Å²) in [5.74, 6) is 2.34. The van der Waals surface area contributed by atoms with Crippen LogP contribution in [0.15, 0.2) is 0 Å². The van der Waals surface area contributed by atoms with Crippen LogP contribution in [0.5, 0.6) is 0 Å². The molecule has 0 aromatic carbocycles. The lowest BCUT2D eigenvalue weighted by atomic mass is 9.48. The normalized spacial score (nSPS) is 34.9. The Labute approximate surface area is 209 Å². The highest BCUT2D eigenvalue weighted by Gasteiger charge is 2.53. The van der Waals surface area contributed by atoms with E-state index in [1.54, 1.807) is 0 Å². The molecule has 1 heterocycles. The van der Waals surface area contributed by atoms with E-state index < -0.39 is 0 Å². The minimum atomic E-state index is -0.168. The third kappa shape index (κ3) is 4.23. The van der Waals surface area contributed by atoms with Gasteiger partial charge in [0.1, 0.15) is 5.69 Å². The molecule has 0 aliphatic heterocycles. The van der Waals surface area contributed by atoms with Crippen molar-refractivity contribution in [2.24, 2.45) is 29.1 Å². The summed E-state index contributed by atoms with van der Waals surface area (Å²) in [6.45, 7) is 4.53. The smallest absolute Gasteiger partial charge is 0.309 e. The molecule has 5 saturated carbocycles. The molecule has 1 aromatic heterocycles. The first-order valence-corrected chi connectivity index (χ1v) is 14.5. The maximum absolute atomic E-state index is 14.1. The number of hydrogen-bond donors (Lipinski definition) is 1. The van der Waals surface area contributed by atoms with Crippen LogP contribution in [0.25, 0.3) is 0 Å². The number of carbonyl (C=O) groups is 2. The second-order valence-corrected chi connectivity index (χ2v) is 12.7. The lowest BCUT2D eigenvalue weighted by molar-refractivity contribution is -0.148. The van der Waals surface area contributed by atoms with Crippen molar-refractivity contribution < 1.29 is 14.3 Å². The van der Waals surface area contributed by atoms with Gasteiger partial charge in [-0.3, -0.25) is 14.3 Å². The highest BCUT2D eigenvalue weighted by molar-refractivity contribution is 5.95. The number of nitrogens with zero attached hydrogens (tertiary/aromatic N) is 2. The standard InChI is InChI=1S/C29H43N3O3/c1-3-35-28(34)22-9-10-25-24(14-22)26(32(31-25)23-7-5-4-6-8-23)27(33)30-18(2)29-15-19-11-20(16-29)13-21(12-19)17-29/h18-23H,3-17H2,1-2H3,(H,30,33). The van der Waals surface area contributed by atoms with Crippen molar-refractivity contribution in [1.29, 1.82) is 0 Å². The van der Waals surface area contributed by atoms with E-state index in [4.69, 9.17) is 9.84 Å². The molecule has 192 valence electrons. The number of aryl methyl sites for hydroxylation is 1. The number of hydrogen-bond acceptors (Lipinski definition) is 4. The van der Waals surface area contributed by atoms with Crippen molar-refractivity contribution in [2.45, 2.75) is 116 Å². The molecule has 0 radical (unpaired) electrons. The first-order valence-electron chi connectivity index (χ1n) is 14.5. The molecule has 0 saturated heterocycles. The second-order valence-electron chi connectivity index (χ2n) is 12.7. The molecule has 1 amide bonds. The first kappa shape index (κ1) is 23.5. The number of amides is 1. The maximum Gasteiger partial charge on any atom is 0.309 e. The topological polar surface area (TPSA) is 73.2 Å². The third-order valence-corrected chi connectivity index (χ3v) is 10.4. The predicted molar refractivity (Wildman–Crippen MR) is 134 cm³/mol. The van der Waals surface area contributed by atoms with Crippen LogP contribution in [0.4, 0.5) is 0 Å². The van der Waals surface area contributed by atoms with Gasteiger partial charge in [0, 0.05) is 11.6 Å². The zero-order valence-electron chi connectivity index (χ0n) is 21.7. The summed E-state index contributed by atoms with van der Waals surface area (Å²) in [6, 6.07) is 0.476. The number of ether oxygens (including phenoxy) is 1. The van der Waals surface area contributed by atoms with E-state index in [1.807, 2.05) is 6.92 Å². The molecular weight excluding hydrogens is 438 g/mol. The van der Waals surface area contributed by atoms with Crippen LogP contribution in [-0.2, 0) is 22.4 Å². The fourth-order valence-electron chi connectivity index (χ4n) is 9.01. The molecule has 6 nitrogen and oxygen atoms in total. The quantitative estimate of drug-likeness (QED) is 0.553. The number of carbonyl (C=O) groups excluding carboxylic acids is 2. The summed E-state index contributed by atoms with van der Waals surface area (Å²) in [5.41, 5.74) is 3.06. The van der Waals surface area contributed by atoms with Gasteiger partial charge in [-0.25, -0.2) is 0 Å². The van der Waals surface area contributed by atoms with E-state index in [-0.39, 0.29) is 29.3 Å². The van der Waals surface area contributed by atoms with Crippen LogP contribution in [0.1, 0.15) is 119 Å². The predicted octanol–water partition coefficient (Wildman–Crippen LogP) is 5.39. The Balaban J connectivity index is 1.28. The highest BCUT2D eigenvalue weighted by atomic mass is 16.5. The summed E-state index contributed by atoms with van der Waals surface area (Å²) < 4.78 is 7.44. The van der Waals surface area contributed by atoms with Crippen molar-refractivity contribution in [3.8, 4) is 0 Å². The maximum atomic E-state index is 14.1. The molecule has 2 atom stereocenters. The Morgan fingerprint density at radius 2 is 1.71 bits per heavy atom. The summed E-state index contributed by atoms with van der Waals surface area (Å²) in [4.78, 5) is 26.6. The van der Waals surface area contributed by atoms with Gasteiger partial charge < -0.3 is 10.1 Å². The zero-order chi connectivity index (χ0) is 24.2. The average Bonchev–Trinajstić information content (AvgIpc) is 3.23. The van der Waals surface area contributed by atoms with Crippen LogP contribution in [0, 0.1) is 29.1 Å². The number of rotatable bonds is 6. The minimum absolute atomic E-state index is 0.0390. The lowest BCUT2D eigenvalue weighted by Crippen LogP contribution is -2.56. The summed E-state index contributed by atoms with van der Waals surface area (Å²) in [5, 5.41) is 8.56. The molecule has 7 rings (SSSR count). The molecule has 6 heteroatoms. The molecule has 6 aliphatic rings. The summed E-state index contributed by atoms with van der Waals surface area (Å²) in [7, 11) is 0. The van der Waals surface area contributed by atoms with Crippen LogP contribution in [0.2, 0.25) is 0 Å². The first-order chi connectivity index (χ1) is 17.0. The van der Waals surface area contributed by atoms with E-state index in [9.17, 15) is 9.59 Å². The third-order valence-electron chi connectivity index (χ3n) is 10.4. The fourth-order valence-corrected chi connectivity index (χ4v) is 9.01.